The molecule has 2 heteroatoms. The second-order valence-corrected chi connectivity index (χ2v) is 5.39. The Labute approximate surface area is 104 Å². The van der Waals surface area contributed by atoms with Crippen molar-refractivity contribution < 1.29 is 4.39 Å². The molecule has 0 aliphatic carbocycles. The van der Waals surface area contributed by atoms with Gasteiger partial charge in [0.2, 0.25) is 0 Å². The molecule has 0 amide bonds. The van der Waals surface area contributed by atoms with Gasteiger partial charge < -0.3 is 5.32 Å². The molecular formula is C15H24FN. The lowest BCUT2D eigenvalue weighted by atomic mass is 9.98. The van der Waals surface area contributed by atoms with Gasteiger partial charge in [0.15, 0.2) is 0 Å². The first-order valence-corrected chi connectivity index (χ1v) is 6.48. The maximum Gasteiger partial charge on any atom is 0.127 e. The normalized spacial score (nSPS) is 14.9. The molecule has 0 heterocycles. The van der Waals surface area contributed by atoms with Crippen molar-refractivity contribution in [2.75, 3.05) is 6.54 Å². The maximum absolute atomic E-state index is 13.5. The predicted octanol–water partition coefficient (Wildman–Crippen LogP) is 4.16. The van der Waals surface area contributed by atoms with Gasteiger partial charge in [-0.1, -0.05) is 39.0 Å². The quantitative estimate of drug-likeness (QED) is 0.783. The Bertz CT molecular complexity index is 335. The molecule has 0 aromatic heterocycles. The van der Waals surface area contributed by atoms with E-state index >= 15 is 0 Å². The van der Waals surface area contributed by atoms with Gasteiger partial charge in [-0.25, -0.2) is 4.39 Å². The van der Waals surface area contributed by atoms with Crippen molar-refractivity contribution in [1.82, 2.24) is 5.32 Å². The molecule has 0 fully saturated rings. The lowest BCUT2D eigenvalue weighted by molar-refractivity contribution is 0.393. The highest BCUT2D eigenvalue weighted by molar-refractivity contribution is 5.20. The van der Waals surface area contributed by atoms with Crippen LogP contribution in [0.15, 0.2) is 24.3 Å². The molecule has 1 N–H and O–H groups in total. The molecule has 0 saturated carbocycles. The van der Waals surface area contributed by atoms with E-state index in [1.165, 1.54) is 12.5 Å². The number of benzene rings is 1. The van der Waals surface area contributed by atoms with Gasteiger partial charge in [-0.05, 0) is 37.8 Å². The largest absolute Gasteiger partial charge is 0.310 e. The van der Waals surface area contributed by atoms with Crippen LogP contribution in [-0.4, -0.2) is 6.54 Å². The monoisotopic (exact) mass is 237 g/mol. The molecule has 0 aliphatic heterocycles. The topological polar surface area (TPSA) is 12.0 Å². The summed E-state index contributed by atoms with van der Waals surface area (Å²) in [6.45, 7) is 9.66. The Morgan fingerprint density at radius 3 is 2.35 bits per heavy atom. The molecule has 0 spiro atoms. The average Bonchev–Trinajstić information content (AvgIpc) is 2.25. The summed E-state index contributed by atoms with van der Waals surface area (Å²) in [4.78, 5) is 0. The third kappa shape index (κ3) is 4.86. The zero-order chi connectivity index (χ0) is 12.8. The molecule has 0 saturated heterocycles. The molecule has 0 radical (unpaired) electrons. The van der Waals surface area contributed by atoms with E-state index in [1.807, 2.05) is 19.1 Å². The molecule has 0 bridgehead atoms. The van der Waals surface area contributed by atoms with E-state index in [2.05, 4.69) is 26.1 Å². The maximum atomic E-state index is 13.5. The first-order valence-electron chi connectivity index (χ1n) is 6.48. The van der Waals surface area contributed by atoms with E-state index in [4.69, 9.17) is 0 Å². The minimum atomic E-state index is -0.121. The van der Waals surface area contributed by atoms with Crippen LogP contribution in [0.25, 0.3) is 0 Å². The van der Waals surface area contributed by atoms with Gasteiger partial charge in [0.05, 0.1) is 0 Å². The predicted molar refractivity (Wildman–Crippen MR) is 71.4 cm³/mol. The second kappa shape index (κ2) is 6.75. The molecule has 1 rings (SSSR count). The van der Waals surface area contributed by atoms with Crippen molar-refractivity contribution in [3.8, 4) is 0 Å². The van der Waals surface area contributed by atoms with Crippen LogP contribution in [0.1, 0.15) is 45.7 Å². The lowest BCUT2D eigenvalue weighted by Crippen LogP contribution is -2.25. The first kappa shape index (κ1) is 14.2. The van der Waals surface area contributed by atoms with Gasteiger partial charge in [-0.2, -0.15) is 0 Å². The fourth-order valence-corrected chi connectivity index (χ4v) is 2.20. The molecule has 1 unspecified atom stereocenters. The fraction of sp³-hybridized carbons (Fsp3) is 0.600. The van der Waals surface area contributed by atoms with Gasteiger partial charge in [0.1, 0.15) is 5.82 Å². The highest BCUT2D eigenvalue weighted by atomic mass is 19.1. The fourth-order valence-electron chi connectivity index (χ4n) is 2.20. The summed E-state index contributed by atoms with van der Waals surface area (Å²) in [7, 11) is 0. The minimum absolute atomic E-state index is 0.0748. The molecule has 2 atom stereocenters. The molecule has 1 aromatic rings. The summed E-state index contributed by atoms with van der Waals surface area (Å²) in [6, 6.07) is 7.05. The van der Waals surface area contributed by atoms with Crippen molar-refractivity contribution in [1.29, 1.82) is 0 Å². The summed E-state index contributed by atoms with van der Waals surface area (Å²) in [6.07, 6.45) is 1.21. The molecule has 0 aliphatic rings. The summed E-state index contributed by atoms with van der Waals surface area (Å²) in [5.74, 6) is 1.23. The van der Waals surface area contributed by atoms with Crippen LogP contribution < -0.4 is 5.32 Å². The number of hydrogen-bond acceptors (Lipinski definition) is 1. The van der Waals surface area contributed by atoms with E-state index < -0.39 is 0 Å². The minimum Gasteiger partial charge on any atom is -0.310 e. The Morgan fingerprint density at radius 1 is 1.12 bits per heavy atom. The van der Waals surface area contributed by atoms with Crippen molar-refractivity contribution in [3.05, 3.63) is 35.6 Å². The Balaban J connectivity index is 2.45. The average molecular weight is 237 g/mol. The first-order chi connectivity index (χ1) is 8.00. The van der Waals surface area contributed by atoms with E-state index in [-0.39, 0.29) is 11.9 Å². The third-order valence-electron chi connectivity index (χ3n) is 3.02. The molecular weight excluding hydrogens is 213 g/mol. The van der Waals surface area contributed by atoms with Crippen molar-refractivity contribution in [2.45, 2.75) is 40.2 Å². The smallest absolute Gasteiger partial charge is 0.127 e. The zero-order valence-electron chi connectivity index (χ0n) is 11.3. The van der Waals surface area contributed by atoms with Crippen LogP contribution in [0, 0.1) is 17.7 Å². The summed E-state index contributed by atoms with van der Waals surface area (Å²) in [5.41, 5.74) is 0.754. The zero-order valence-corrected chi connectivity index (χ0v) is 11.3. The standard InChI is InChI=1S/C15H24FN/c1-11(2)9-12(3)10-17-13(4)14-7-5-6-8-15(14)16/h5-8,11-13,17H,9-10H2,1-4H3/t12?,13-/m1/s1. The third-order valence-corrected chi connectivity index (χ3v) is 3.02. The van der Waals surface area contributed by atoms with Gasteiger partial charge in [0, 0.05) is 11.6 Å². The summed E-state index contributed by atoms with van der Waals surface area (Å²) < 4.78 is 13.5. The van der Waals surface area contributed by atoms with Crippen LogP contribution in [0.4, 0.5) is 4.39 Å². The number of rotatable bonds is 6. The lowest BCUT2D eigenvalue weighted by Gasteiger charge is -2.19. The SMILES string of the molecule is CC(C)CC(C)CN[C@H](C)c1ccccc1F. The highest BCUT2D eigenvalue weighted by Crippen LogP contribution is 2.17. The molecule has 17 heavy (non-hydrogen) atoms. The van der Waals surface area contributed by atoms with Crippen molar-refractivity contribution in [2.24, 2.45) is 11.8 Å². The Morgan fingerprint density at radius 2 is 1.76 bits per heavy atom. The molecule has 96 valence electrons. The van der Waals surface area contributed by atoms with Crippen molar-refractivity contribution >= 4 is 0 Å². The number of halogens is 1. The summed E-state index contributed by atoms with van der Waals surface area (Å²) >= 11 is 0. The highest BCUT2D eigenvalue weighted by Gasteiger charge is 2.11. The van der Waals surface area contributed by atoms with Crippen LogP contribution in [-0.2, 0) is 0 Å². The Kier molecular flexibility index (Phi) is 5.63. The van der Waals surface area contributed by atoms with Crippen LogP contribution >= 0.6 is 0 Å². The second-order valence-electron chi connectivity index (χ2n) is 5.39. The van der Waals surface area contributed by atoms with E-state index in [1.54, 1.807) is 6.07 Å². The van der Waals surface area contributed by atoms with Gasteiger partial charge in [-0.15, -0.1) is 0 Å². The van der Waals surface area contributed by atoms with E-state index in [0.717, 1.165) is 18.0 Å². The van der Waals surface area contributed by atoms with Crippen LogP contribution in [0.2, 0.25) is 0 Å². The Hall–Kier alpha value is -0.890. The van der Waals surface area contributed by atoms with E-state index in [9.17, 15) is 4.39 Å². The van der Waals surface area contributed by atoms with Crippen molar-refractivity contribution in [3.63, 3.8) is 0 Å². The van der Waals surface area contributed by atoms with Gasteiger partial charge in [0.25, 0.3) is 0 Å². The molecule has 1 nitrogen and oxygen atoms in total. The summed E-state index contributed by atoms with van der Waals surface area (Å²) in [5, 5.41) is 3.40. The van der Waals surface area contributed by atoms with E-state index in [0.29, 0.717) is 5.92 Å². The van der Waals surface area contributed by atoms with Crippen LogP contribution in [0.5, 0.6) is 0 Å². The van der Waals surface area contributed by atoms with Gasteiger partial charge in [-0.3, -0.25) is 0 Å². The number of nitrogens with one attached hydrogen (secondary N) is 1. The molecule has 1 aromatic carbocycles. The number of hydrogen-bond donors (Lipinski definition) is 1. The van der Waals surface area contributed by atoms with Gasteiger partial charge >= 0.3 is 0 Å². The van der Waals surface area contributed by atoms with Crippen LogP contribution in [0.3, 0.4) is 0 Å².